The molecule has 0 aliphatic carbocycles. The van der Waals surface area contributed by atoms with Crippen LogP contribution < -0.4 is 5.32 Å². The Balaban J connectivity index is 2.35. The Kier molecular flexibility index (Phi) is 4.77. The number of hydrogen-bond acceptors (Lipinski definition) is 4. The van der Waals surface area contributed by atoms with E-state index >= 15 is 0 Å². The Bertz CT molecular complexity index is 714. The number of halogens is 1. The van der Waals surface area contributed by atoms with Crippen molar-refractivity contribution in [3.63, 3.8) is 0 Å². The van der Waals surface area contributed by atoms with Gasteiger partial charge in [0, 0.05) is 5.02 Å². The predicted molar refractivity (Wildman–Crippen MR) is 80.3 cm³/mol. The molecule has 2 rings (SSSR count). The Morgan fingerprint density at radius 2 is 2.18 bits per heavy atom. The highest BCUT2D eigenvalue weighted by atomic mass is 35.5. The van der Waals surface area contributed by atoms with E-state index in [4.69, 9.17) is 16.7 Å². The SMILES string of the molecule is CCc1c(C(=O)N[C@H](C)C(=O)O)nnn1-c1cccc(Cl)c1. The van der Waals surface area contributed by atoms with Crippen LogP contribution in [0.3, 0.4) is 0 Å². The number of amides is 1. The first-order chi connectivity index (χ1) is 10.4. The van der Waals surface area contributed by atoms with Gasteiger partial charge in [-0.15, -0.1) is 5.10 Å². The van der Waals surface area contributed by atoms with Gasteiger partial charge >= 0.3 is 5.97 Å². The second kappa shape index (κ2) is 6.57. The number of nitrogens with zero attached hydrogens (tertiary/aromatic N) is 3. The molecule has 2 aromatic rings. The Hall–Kier alpha value is -2.41. The molecule has 0 saturated carbocycles. The molecule has 7 nitrogen and oxygen atoms in total. The van der Waals surface area contributed by atoms with Gasteiger partial charge in [-0.3, -0.25) is 9.59 Å². The van der Waals surface area contributed by atoms with Gasteiger partial charge in [0.15, 0.2) is 5.69 Å². The maximum Gasteiger partial charge on any atom is 0.325 e. The second-order valence-corrected chi connectivity index (χ2v) is 5.10. The summed E-state index contributed by atoms with van der Waals surface area (Å²) in [6, 6.07) is 5.99. The largest absolute Gasteiger partial charge is 0.480 e. The molecule has 0 saturated heterocycles. The minimum Gasteiger partial charge on any atom is -0.480 e. The van der Waals surface area contributed by atoms with E-state index < -0.39 is 17.9 Å². The van der Waals surface area contributed by atoms with Crippen molar-refractivity contribution in [3.8, 4) is 5.69 Å². The van der Waals surface area contributed by atoms with Crippen LogP contribution in [-0.4, -0.2) is 38.0 Å². The Labute approximate surface area is 131 Å². The summed E-state index contributed by atoms with van der Waals surface area (Å²) in [6.07, 6.45) is 0.504. The van der Waals surface area contributed by atoms with Gasteiger partial charge in [-0.25, -0.2) is 4.68 Å². The van der Waals surface area contributed by atoms with E-state index in [1.165, 1.54) is 11.6 Å². The van der Waals surface area contributed by atoms with Gasteiger partial charge < -0.3 is 10.4 Å². The van der Waals surface area contributed by atoms with Crippen LogP contribution in [-0.2, 0) is 11.2 Å². The van der Waals surface area contributed by atoms with Gasteiger partial charge in [0.2, 0.25) is 0 Å². The topological polar surface area (TPSA) is 97.1 Å². The van der Waals surface area contributed by atoms with E-state index in [0.29, 0.717) is 22.8 Å². The molecule has 0 aliphatic rings. The van der Waals surface area contributed by atoms with Gasteiger partial charge in [0.1, 0.15) is 6.04 Å². The van der Waals surface area contributed by atoms with Crippen molar-refractivity contribution < 1.29 is 14.7 Å². The molecule has 1 atom stereocenters. The quantitative estimate of drug-likeness (QED) is 0.873. The standard InChI is InChI=1S/C14H15ClN4O3/c1-3-11-12(13(20)16-8(2)14(21)22)17-18-19(11)10-6-4-5-9(15)7-10/h4-8H,3H2,1-2H3,(H,16,20)(H,21,22)/t8-/m1/s1. The van der Waals surface area contributed by atoms with E-state index in [-0.39, 0.29) is 5.69 Å². The number of benzene rings is 1. The highest BCUT2D eigenvalue weighted by Gasteiger charge is 2.22. The third kappa shape index (κ3) is 3.25. The minimum atomic E-state index is -1.12. The first-order valence-corrected chi connectivity index (χ1v) is 7.06. The normalized spacial score (nSPS) is 12.0. The summed E-state index contributed by atoms with van der Waals surface area (Å²) in [5.74, 6) is -1.69. The van der Waals surface area contributed by atoms with Crippen molar-refractivity contribution in [2.45, 2.75) is 26.3 Å². The van der Waals surface area contributed by atoms with Gasteiger partial charge in [0.25, 0.3) is 5.91 Å². The van der Waals surface area contributed by atoms with Crippen LogP contribution in [0.4, 0.5) is 0 Å². The second-order valence-electron chi connectivity index (χ2n) is 4.66. The fourth-order valence-electron chi connectivity index (χ4n) is 1.94. The van der Waals surface area contributed by atoms with Crippen molar-refractivity contribution in [2.75, 3.05) is 0 Å². The number of carboxylic acid groups (broad SMARTS) is 1. The van der Waals surface area contributed by atoms with Gasteiger partial charge in [-0.1, -0.05) is 29.8 Å². The maximum absolute atomic E-state index is 12.1. The zero-order valence-electron chi connectivity index (χ0n) is 12.1. The maximum atomic E-state index is 12.1. The molecule has 1 heterocycles. The van der Waals surface area contributed by atoms with E-state index in [9.17, 15) is 9.59 Å². The molecular formula is C14H15ClN4O3. The fourth-order valence-corrected chi connectivity index (χ4v) is 2.12. The van der Waals surface area contributed by atoms with Gasteiger partial charge in [-0.2, -0.15) is 0 Å². The molecule has 8 heteroatoms. The lowest BCUT2D eigenvalue weighted by molar-refractivity contribution is -0.138. The van der Waals surface area contributed by atoms with E-state index in [0.717, 1.165) is 0 Å². The van der Waals surface area contributed by atoms with Crippen molar-refractivity contribution in [3.05, 3.63) is 40.7 Å². The van der Waals surface area contributed by atoms with Crippen LogP contribution in [0.5, 0.6) is 0 Å². The van der Waals surface area contributed by atoms with Crippen molar-refractivity contribution in [2.24, 2.45) is 0 Å². The van der Waals surface area contributed by atoms with Crippen molar-refractivity contribution in [1.82, 2.24) is 20.3 Å². The molecule has 116 valence electrons. The number of rotatable bonds is 5. The summed E-state index contributed by atoms with van der Waals surface area (Å²) in [5.41, 5.74) is 1.37. The molecule has 22 heavy (non-hydrogen) atoms. The molecule has 0 unspecified atom stereocenters. The monoisotopic (exact) mass is 322 g/mol. The van der Waals surface area contributed by atoms with Crippen LogP contribution in [0.2, 0.25) is 5.02 Å². The number of carboxylic acids is 1. The first kappa shape index (κ1) is 16.0. The lowest BCUT2D eigenvalue weighted by Crippen LogP contribution is -2.38. The first-order valence-electron chi connectivity index (χ1n) is 6.68. The van der Waals surface area contributed by atoms with Crippen LogP contribution in [0.1, 0.15) is 30.0 Å². The van der Waals surface area contributed by atoms with Crippen LogP contribution in [0.25, 0.3) is 5.69 Å². The molecule has 0 aliphatic heterocycles. The van der Waals surface area contributed by atoms with E-state index in [1.54, 1.807) is 24.3 Å². The van der Waals surface area contributed by atoms with Crippen molar-refractivity contribution >= 4 is 23.5 Å². The molecule has 1 aromatic carbocycles. The van der Waals surface area contributed by atoms with E-state index in [2.05, 4.69) is 15.6 Å². The summed E-state index contributed by atoms with van der Waals surface area (Å²) in [6.45, 7) is 3.24. The van der Waals surface area contributed by atoms with Gasteiger partial charge in [0.05, 0.1) is 11.4 Å². The third-order valence-corrected chi connectivity index (χ3v) is 3.32. The Morgan fingerprint density at radius 3 is 2.77 bits per heavy atom. The number of nitrogens with one attached hydrogen (secondary N) is 1. The molecule has 1 aromatic heterocycles. The smallest absolute Gasteiger partial charge is 0.325 e. The van der Waals surface area contributed by atoms with Crippen molar-refractivity contribution in [1.29, 1.82) is 0 Å². The molecule has 0 radical (unpaired) electrons. The van der Waals surface area contributed by atoms with E-state index in [1.807, 2.05) is 6.92 Å². The minimum absolute atomic E-state index is 0.107. The zero-order valence-corrected chi connectivity index (χ0v) is 12.8. The molecule has 2 N–H and O–H groups in total. The molecular weight excluding hydrogens is 308 g/mol. The number of aliphatic carboxylic acids is 1. The highest BCUT2D eigenvalue weighted by Crippen LogP contribution is 2.17. The van der Waals surface area contributed by atoms with Gasteiger partial charge in [-0.05, 0) is 31.5 Å². The molecule has 0 bridgehead atoms. The molecule has 0 fully saturated rings. The molecule has 0 spiro atoms. The van der Waals surface area contributed by atoms with Crippen LogP contribution in [0.15, 0.2) is 24.3 Å². The fraction of sp³-hybridized carbons (Fsp3) is 0.286. The zero-order chi connectivity index (χ0) is 16.3. The summed E-state index contributed by atoms with van der Waals surface area (Å²) in [4.78, 5) is 22.9. The summed E-state index contributed by atoms with van der Waals surface area (Å²) < 4.78 is 1.52. The third-order valence-electron chi connectivity index (χ3n) is 3.08. The lowest BCUT2D eigenvalue weighted by atomic mass is 10.2. The summed E-state index contributed by atoms with van der Waals surface area (Å²) >= 11 is 5.96. The lowest BCUT2D eigenvalue weighted by Gasteiger charge is -2.09. The average Bonchev–Trinajstić information content (AvgIpc) is 2.90. The summed E-state index contributed by atoms with van der Waals surface area (Å²) in [5, 5.41) is 19.6. The number of carbonyl (C=O) groups is 2. The highest BCUT2D eigenvalue weighted by molar-refractivity contribution is 6.30. The van der Waals surface area contributed by atoms with Crippen LogP contribution in [0, 0.1) is 0 Å². The summed E-state index contributed by atoms with van der Waals surface area (Å²) in [7, 11) is 0. The molecule has 1 amide bonds. The Morgan fingerprint density at radius 1 is 1.45 bits per heavy atom. The van der Waals surface area contributed by atoms with Crippen LogP contribution >= 0.6 is 11.6 Å². The number of aromatic nitrogens is 3. The number of carbonyl (C=O) groups excluding carboxylic acids is 1. The number of hydrogen-bond donors (Lipinski definition) is 2. The predicted octanol–water partition coefficient (Wildman–Crippen LogP) is 1.69. The average molecular weight is 323 g/mol.